The molecule has 0 fully saturated rings. The van der Waals surface area contributed by atoms with Crippen LogP contribution in [-0.2, 0) is 35.1 Å². The van der Waals surface area contributed by atoms with Gasteiger partial charge < -0.3 is 4.74 Å². The summed E-state index contributed by atoms with van der Waals surface area (Å²) in [5.41, 5.74) is 0. The lowest BCUT2D eigenvalue weighted by atomic mass is 10.5. The van der Waals surface area contributed by atoms with E-state index in [1.807, 2.05) is 0 Å². The van der Waals surface area contributed by atoms with Gasteiger partial charge in [0.25, 0.3) is 30.4 Å². The van der Waals surface area contributed by atoms with Gasteiger partial charge in [0.2, 0.25) is 0 Å². The van der Waals surface area contributed by atoms with Gasteiger partial charge in [-0.1, -0.05) is 0 Å². The first-order valence-electron chi connectivity index (χ1n) is 6.31. The van der Waals surface area contributed by atoms with Crippen molar-refractivity contribution in [1.82, 2.24) is 0 Å². The van der Waals surface area contributed by atoms with E-state index in [2.05, 4.69) is 12.6 Å². The average Bonchev–Trinajstić information content (AvgIpc) is 2.32. The Kier molecular flexibility index (Phi) is 13.6. The number of thiol groups is 1. The molecule has 0 aliphatic heterocycles. The summed E-state index contributed by atoms with van der Waals surface area (Å²) >= 11 is 3.76. The minimum atomic E-state index is -3.96. The van der Waals surface area contributed by atoms with Crippen molar-refractivity contribution >= 4 is 43.0 Å². The molecule has 0 heterocycles. The topological polar surface area (TPSA) is 172 Å². The maximum Gasteiger partial charge on any atom is 0.264 e. The second kappa shape index (κ2) is 12.4. The minimum absolute atomic E-state index is 0.116. The molecule has 0 radical (unpaired) electrons. The number of hydrogen-bond acceptors (Lipinski definition) is 8. The lowest BCUT2D eigenvalue weighted by Crippen LogP contribution is -2.10. The molecule has 0 aliphatic rings. The van der Waals surface area contributed by atoms with Crippen LogP contribution in [0.25, 0.3) is 0 Å². The van der Waals surface area contributed by atoms with Crippen molar-refractivity contribution in [2.24, 2.45) is 0 Å². The SMILES string of the molecule is O=S(=O)(O)CCCOCCCS(=O)(=O)O.O=S(=O)(O)CCCS. The zero-order valence-electron chi connectivity index (χ0n) is 12.2. The summed E-state index contributed by atoms with van der Waals surface area (Å²) in [6.45, 7) is 0.233. The van der Waals surface area contributed by atoms with Gasteiger partial charge in [-0.2, -0.15) is 37.9 Å². The first kappa shape index (κ1) is 25.3. The molecule has 0 rings (SSSR count). The summed E-state index contributed by atoms with van der Waals surface area (Å²) in [4.78, 5) is 0. The highest BCUT2D eigenvalue weighted by molar-refractivity contribution is 7.86. The van der Waals surface area contributed by atoms with Crippen LogP contribution in [0.3, 0.4) is 0 Å². The van der Waals surface area contributed by atoms with E-state index >= 15 is 0 Å². The van der Waals surface area contributed by atoms with Crippen LogP contribution in [0.5, 0.6) is 0 Å². The predicted octanol–water partition coefficient (Wildman–Crippen LogP) is -0.247. The van der Waals surface area contributed by atoms with E-state index in [1.165, 1.54) is 0 Å². The predicted molar refractivity (Wildman–Crippen MR) is 87.8 cm³/mol. The Labute approximate surface area is 142 Å². The monoisotopic (exact) mass is 418 g/mol. The summed E-state index contributed by atoms with van der Waals surface area (Å²) in [6, 6.07) is 0. The molecule has 0 bridgehead atoms. The van der Waals surface area contributed by atoms with E-state index < -0.39 is 30.4 Å². The highest BCUT2D eigenvalue weighted by Crippen LogP contribution is 1.93. The van der Waals surface area contributed by atoms with Crippen molar-refractivity contribution in [3.63, 3.8) is 0 Å². The van der Waals surface area contributed by atoms with Crippen LogP contribution in [-0.4, -0.2) is 75.1 Å². The Morgan fingerprint density at radius 1 is 0.652 bits per heavy atom. The van der Waals surface area contributed by atoms with E-state index in [4.69, 9.17) is 18.4 Å². The standard InChI is InChI=1S/C6H14O7S2.C3H8O3S2/c7-14(8,9)5-1-3-13-4-2-6-15(10,11)12;4-8(5,6)3-1-2-7/h1-6H2,(H,7,8,9)(H,10,11,12);7H,1-3H2,(H,4,5,6). The summed E-state index contributed by atoms with van der Waals surface area (Å²) in [6.07, 6.45) is 0.692. The fraction of sp³-hybridized carbons (Fsp3) is 1.00. The first-order valence-corrected chi connectivity index (χ1v) is 11.8. The zero-order valence-corrected chi connectivity index (χ0v) is 15.6. The van der Waals surface area contributed by atoms with Crippen LogP contribution in [0.1, 0.15) is 19.3 Å². The van der Waals surface area contributed by atoms with Crippen LogP contribution in [0, 0.1) is 0 Å². The average molecular weight is 419 g/mol. The Morgan fingerprint density at radius 3 is 1.17 bits per heavy atom. The lowest BCUT2D eigenvalue weighted by molar-refractivity contribution is 0.135. The summed E-state index contributed by atoms with van der Waals surface area (Å²) in [5.74, 6) is -0.465. The largest absolute Gasteiger partial charge is 0.381 e. The zero-order chi connectivity index (χ0) is 18.6. The molecule has 0 atom stereocenters. The summed E-state index contributed by atoms with van der Waals surface area (Å²) < 4.78 is 90.4. The molecule has 0 spiro atoms. The third kappa shape index (κ3) is 30.5. The molecule has 142 valence electrons. The molecule has 14 heteroatoms. The summed E-state index contributed by atoms with van der Waals surface area (Å²) in [7, 11) is -11.6. The van der Waals surface area contributed by atoms with Crippen LogP contribution in [0.15, 0.2) is 0 Å². The Bertz CT molecular complexity index is 556. The van der Waals surface area contributed by atoms with Crippen LogP contribution < -0.4 is 0 Å². The van der Waals surface area contributed by atoms with Gasteiger partial charge in [-0.25, -0.2) is 0 Å². The number of rotatable bonds is 11. The second-order valence-electron chi connectivity index (χ2n) is 4.25. The Morgan fingerprint density at radius 2 is 0.957 bits per heavy atom. The van der Waals surface area contributed by atoms with Crippen molar-refractivity contribution in [2.45, 2.75) is 19.3 Å². The molecule has 0 unspecified atom stereocenters. The van der Waals surface area contributed by atoms with Gasteiger partial charge in [0, 0.05) is 13.2 Å². The van der Waals surface area contributed by atoms with Gasteiger partial charge in [0.05, 0.1) is 17.3 Å². The molecule has 10 nitrogen and oxygen atoms in total. The third-order valence-electron chi connectivity index (χ3n) is 1.94. The maximum absolute atomic E-state index is 10.2. The van der Waals surface area contributed by atoms with Crippen LogP contribution in [0.2, 0.25) is 0 Å². The first-order chi connectivity index (χ1) is 10.3. The Hall–Kier alpha value is 0.0400. The number of hydrogen-bond donors (Lipinski definition) is 4. The van der Waals surface area contributed by atoms with E-state index in [0.29, 0.717) is 12.2 Å². The molecular formula is C9H22O10S4. The van der Waals surface area contributed by atoms with Gasteiger partial charge in [-0.15, -0.1) is 0 Å². The summed E-state index contributed by atoms with van der Waals surface area (Å²) in [5, 5.41) is 0. The molecule has 0 aromatic carbocycles. The van der Waals surface area contributed by atoms with Crippen molar-refractivity contribution in [3.05, 3.63) is 0 Å². The fourth-order valence-corrected chi connectivity index (χ4v) is 2.88. The normalized spacial score (nSPS) is 12.5. The quantitative estimate of drug-likeness (QED) is 0.199. The van der Waals surface area contributed by atoms with Crippen molar-refractivity contribution in [3.8, 4) is 0 Å². The smallest absolute Gasteiger partial charge is 0.264 e. The van der Waals surface area contributed by atoms with Crippen molar-refractivity contribution in [2.75, 3.05) is 36.2 Å². The number of ether oxygens (including phenoxy) is 1. The third-order valence-corrected chi connectivity index (χ3v) is 4.67. The minimum Gasteiger partial charge on any atom is -0.381 e. The molecule has 0 aromatic heterocycles. The molecule has 0 saturated heterocycles. The van der Waals surface area contributed by atoms with Gasteiger partial charge >= 0.3 is 0 Å². The van der Waals surface area contributed by atoms with Crippen LogP contribution >= 0.6 is 12.6 Å². The van der Waals surface area contributed by atoms with Gasteiger partial charge in [0.15, 0.2) is 0 Å². The highest BCUT2D eigenvalue weighted by atomic mass is 32.2. The molecule has 23 heavy (non-hydrogen) atoms. The second-order valence-corrected chi connectivity index (χ2v) is 9.42. The Balaban J connectivity index is 0. The van der Waals surface area contributed by atoms with E-state index in [1.54, 1.807) is 0 Å². The van der Waals surface area contributed by atoms with E-state index in [0.717, 1.165) is 0 Å². The van der Waals surface area contributed by atoms with Gasteiger partial charge in [0.1, 0.15) is 0 Å². The molecule has 0 saturated carbocycles. The molecule has 0 amide bonds. The lowest BCUT2D eigenvalue weighted by Gasteiger charge is -2.02. The highest BCUT2D eigenvalue weighted by Gasteiger charge is 2.05. The van der Waals surface area contributed by atoms with Gasteiger partial charge in [-0.05, 0) is 25.0 Å². The van der Waals surface area contributed by atoms with E-state index in [9.17, 15) is 25.3 Å². The van der Waals surface area contributed by atoms with Crippen LogP contribution in [0.4, 0.5) is 0 Å². The molecular weight excluding hydrogens is 396 g/mol. The van der Waals surface area contributed by atoms with Crippen molar-refractivity contribution in [1.29, 1.82) is 0 Å². The molecule has 0 aliphatic carbocycles. The maximum atomic E-state index is 10.2. The fourth-order valence-electron chi connectivity index (χ4n) is 1.04. The van der Waals surface area contributed by atoms with E-state index in [-0.39, 0.29) is 43.3 Å². The molecule has 0 aromatic rings. The van der Waals surface area contributed by atoms with Crippen molar-refractivity contribution < 1.29 is 43.6 Å². The van der Waals surface area contributed by atoms with Gasteiger partial charge in [-0.3, -0.25) is 13.7 Å². The molecule has 3 N–H and O–H groups in total.